The van der Waals surface area contributed by atoms with E-state index in [-0.39, 0.29) is 0 Å². The fraction of sp³-hybridized carbons (Fsp3) is 0.200. The number of H-pyrrole nitrogens is 1. The van der Waals surface area contributed by atoms with Crippen molar-refractivity contribution in [2.75, 3.05) is 0 Å². The fourth-order valence-corrected chi connectivity index (χ4v) is 1.04. The van der Waals surface area contributed by atoms with Crippen LogP contribution in [0, 0.1) is 0 Å². The van der Waals surface area contributed by atoms with Crippen LogP contribution in [0.2, 0.25) is 0 Å². The highest BCUT2D eigenvalue weighted by molar-refractivity contribution is 5.89. The van der Waals surface area contributed by atoms with E-state index in [4.69, 9.17) is 0 Å². The summed E-state index contributed by atoms with van der Waals surface area (Å²) < 4.78 is 65.3. The van der Waals surface area contributed by atoms with Gasteiger partial charge in [-0.3, -0.25) is 4.79 Å². The second-order valence-corrected chi connectivity index (χ2v) is 3.24. The number of carbonyl (C=O) groups excluding carboxylic acids is 1. The minimum Gasteiger partial charge on any atom is -0.345 e. The maximum atomic E-state index is 10.9. The predicted octanol–water partition coefficient (Wildman–Crippen LogP) is 3.24. The molecule has 1 aromatic heterocycles. The number of carbonyl (C=O) groups is 1. The summed E-state index contributed by atoms with van der Waals surface area (Å²) >= 11 is 0. The quantitative estimate of drug-likeness (QED) is 0.755. The third-order valence-corrected chi connectivity index (χ3v) is 1.84. The maximum absolute atomic E-state index is 10.9. The number of fused-ring (bicyclic) bond motifs is 1. The van der Waals surface area contributed by atoms with Crippen LogP contribution >= 0.6 is 0 Å². The van der Waals surface area contributed by atoms with Crippen molar-refractivity contribution in [3.8, 4) is 0 Å². The molecule has 0 aliphatic rings. The zero-order valence-electron chi connectivity index (χ0n) is 9.01. The van der Waals surface area contributed by atoms with Crippen LogP contribution in [0.3, 0.4) is 0 Å². The number of nitrogens with zero attached hydrogens (tertiary/aromatic N) is 1. The van der Waals surface area contributed by atoms with E-state index in [1.54, 1.807) is 6.33 Å². The summed E-state index contributed by atoms with van der Waals surface area (Å²) in [6.07, 6.45) is -9.94. The minimum atomic E-state index is -5.82. The molecule has 2 rings (SSSR count). The predicted molar refractivity (Wildman–Crippen MR) is 53.2 cm³/mol. The van der Waals surface area contributed by atoms with Crippen molar-refractivity contribution < 1.29 is 31.1 Å². The lowest BCUT2D eigenvalue weighted by atomic mass is 10.3. The number of para-hydroxylation sites is 2. The number of halogens is 6. The summed E-state index contributed by atoms with van der Waals surface area (Å²) in [7, 11) is 0. The molecule has 0 spiro atoms. The molecule has 0 aliphatic carbocycles. The lowest BCUT2D eigenvalue weighted by molar-refractivity contribution is -0.217. The van der Waals surface area contributed by atoms with Crippen molar-refractivity contribution >= 4 is 16.8 Å². The molecule has 0 unspecified atom stereocenters. The highest BCUT2D eigenvalue weighted by Gasteiger charge is 2.55. The van der Waals surface area contributed by atoms with Crippen LogP contribution in [0.5, 0.6) is 0 Å². The Morgan fingerprint density at radius 3 is 1.95 bits per heavy atom. The molecule has 0 saturated heterocycles. The van der Waals surface area contributed by atoms with E-state index >= 15 is 0 Å². The zero-order chi connectivity index (χ0) is 14.7. The number of nitrogens with one attached hydrogen (secondary N) is 1. The van der Waals surface area contributed by atoms with Crippen LogP contribution in [0.1, 0.15) is 0 Å². The number of aromatic amines is 1. The molecule has 1 N–H and O–H groups in total. The molecular formula is C10H6F6N2O. The van der Waals surface area contributed by atoms with Crippen LogP contribution in [0.25, 0.3) is 11.0 Å². The third-order valence-electron chi connectivity index (χ3n) is 1.84. The van der Waals surface area contributed by atoms with Crippen LogP contribution in [0.15, 0.2) is 30.6 Å². The van der Waals surface area contributed by atoms with Gasteiger partial charge in [-0.15, -0.1) is 0 Å². The first-order chi connectivity index (χ1) is 8.62. The maximum Gasteiger partial charge on any atom is 0.459 e. The van der Waals surface area contributed by atoms with Gasteiger partial charge in [0.05, 0.1) is 17.4 Å². The highest BCUT2D eigenvalue weighted by Crippen LogP contribution is 2.28. The number of alkyl halides is 6. The van der Waals surface area contributed by atoms with Crippen molar-refractivity contribution in [2.24, 2.45) is 0 Å². The molecule has 0 amide bonds. The van der Waals surface area contributed by atoms with E-state index < -0.39 is 18.1 Å². The number of imidazole rings is 1. The monoisotopic (exact) mass is 284 g/mol. The number of hydrogen-bond donors (Lipinski definition) is 1. The number of ketones is 1. The van der Waals surface area contributed by atoms with Crippen molar-refractivity contribution in [3.05, 3.63) is 30.6 Å². The molecular weight excluding hydrogens is 278 g/mol. The molecule has 0 saturated carbocycles. The summed E-state index contributed by atoms with van der Waals surface area (Å²) in [6.45, 7) is 0. The molecule has 19 heavy (non-hydrogen) atoms. The molecule has 0 atom stereocenters. The van der Waals surface area contributed by atoms with Gasteiger partial charge in [-0.1, -0.05) is 12.1 Å². The van der Waals surface area contributed by atoms with Gasteiger partial charge in [0.2, 0.25) is 0 Å². The summed E-state index contributed by atoms with van der Waals surface area (Å²) in [4.78, 5) is 16.3. The standard InChI is InChI=1S/C7H6N2.C3F6O/c1-2-4-7-6(3-1)8-5-9-7;4-2(5,6)1(10)3(7,8)9/h1-5H,(H,8,9);. The molecule has 0 fully saturated rings. The van der Waals surface area contributed by atoms with E-state index in [0.29, 0.717) is 0 Å². The average Bonchev–Trinajstić information content (AvgIpc) is 2.74. The van der Waals surface area contributed by atoms with Crippen LogP contribution in [-0.2, 0) is 4.79 Å². The molecule has 1 heterocycles. The lowest BCUT2D eigenvalue weighted by Gasteiger charge is -2.06. The Balaban J connectivity index is 0.000000190. The van der Waals surface area contributed by atoms with Crippen molar-refractivity contribution in [2.45, 2.75) is 12.4 Å². The van der Waals surface area contributed by atoms with Gasteiger partial charge in [0.15, 0.2) is 0 Å². The van der Waals surface area contributed by atoms with Gasteiger partial charge in [-0.2, -0.15) is 26.3 Å². The number of rotatable bonds is 0. The normalized spacial score (nSPS) is 11.9. The molecule has 1 aromatic carbocycles. The van der Waals surface area contributed by atoms with E-state index in [2.05, 4.69) is 9.97 Å². The Labute approximate surface area is 102 Å². The van der Waals surface area contributed by atoms with Crippen molar-refractivity contribution in [1.82, 2.24) is 9.97 Å². The number of hydrogen-bond acceptors (Lipinski definition) is 2. The van der Waals surface area contributed by atoms with E-state index in [1.807, 2.05) is 24.3 Å². The average molecular weight is 284 g/mol. The highest BCUT2D eigenvalue weighted by atomic mass is 19.4. The summed E-state index contributed by atoms with van der Waals surface area (Å²) in [5.74, 6) is -3.68. The smallest absolute Gasteiger partial charge is 0.345 e. The first-order valence-electron chi connectivity index (χ1n) is 4.69. The number of Topliss-reactive ketones (excluding diaryl/α,β-unsaturated/α-hetero) is 1. The van der Waals surface area contributed by atoms with Gasteiger partial charge in [0.1, 0.15) is 0 Å². The van der Waals surface area contributed by atoms with E-state index in [9.17, 15) is 31.1 Å². The number of benzene rings is 1. The van der Waals surface area contributed by atoms with Crippen molar-refractivity contribution in [1.29, 1.82) is 0 Å². The number of aromatic nitrogens is 2. The SMILES string of the molecule is O=C(C(F)(F)F)C(F)(F)F.c1ccc2[nH]cnc2c1. The van der Waals surface area contributed by atoms with Gasteiger partial charge in [-0.25, -0.2) is 4.98 Å². The summed E-state index contributed by atoms with van der Waals surface area (Å²) in [5, 5.41) is 0. The van der Waals surface area contributed by atoms with Crippen LogP contribution in [-0.4, -0.2) is 28.1 Å². The summed E-state index contributed by atoms with van der Waals surface area (Å²) in [6, 6.07) is 7.94. The Morgan fingerprint density at radius 1 is 1.00 bits per heavy atom. The molecule has 3 nitrogen and oxygen atoms in total. The van der Waals surface area contributed by atoms with Gasteiger partial charge in [0, 0.05) is 0 Å². The molecule has 0 radical (unpaired) electrons. The van der Waals surface area contributed by atoms with Crippen molar-refractivity contribution in [3.63, 3.8) is 0 Å². The molecule has 2 aromatic rings. The molecule has 0 aliphatic heterocycles. The van der Waals surface area contributed by atoms with Crippen LogP contribution in [0.4, 0.5) is 26.3 Å². The molecule has 0 bridgehead atoms. The second-order valence-electron chi connectivity index (χ2n) is 3.24. The van der Waals surface area contributed by atoms with E-state index in [1.165, 1.54) is 0 Å². The lowest BCUT2D eigenvalue weighted by Crippen LogP contribution is -2.36. The topological polar surface area (TPSA) is 45.8 Å². The van der Waals surface area contributed by atoms with E-state index in [0.717, 1.165) is 11.0 Å². The molecule has 9 heteroatoms. The first-order valence-corrected chi connectivity index (χ1v) is 4.69. The van der Waals surface area contributed by atoms with Gasteiger partial charge >= 0.3 is 18.1 Å². The Kier molecular flexibility index (Phi) is 4.17. The molecule has 104 valence electrons. The van der Waals surface area contributed by atoms with Gasteiger partial charge in [-0.05, 0) is 12.1 Å². The van der Waals surface area contributed by atoms with Gasteiger partial charge in [0.25, 0.3) is 0 Å². The van der Waals surface area contributed by atoms with Crippen LogP contribution < -0.4 is 0 Å². The fourth-order valence-electron chi connectivity index (χ4n) is 1.04. The second kappa shape index (κ2) is 5.29. The summed E-state index contributed by atoms with van der Waals surface area (Å²) in [5.41, 5.74) is 2.12. The Morgan fingerprint density at radius 2 is 1.53 bits per heavy atom. The van der Waals surface area contributed by atoms with Gasteiger partial charge < -0.3 is 4.98 Å². The Hall–Kier alpha value is -2.06. The first kappa shape index (κ1) is 15.0. The Bertz CT molecular complexity index is 511. The zero-order valence-corrected chi connectivity index (χ0v) is 9.01. The third kappa shape index (κ3) is 4.27. The minimum absolute atomic E-state index is 1.03. The largest absolute Gasteiger partial charge is 0.459 e.